The van der Waals surface area contributed by atoms with Crippen molar-refractivity contribution in [2.24, 2.45) is 0 Å². The molecule has 0 bridgehead atoms. The molecule has 4 nitrogen and oxygen atoms in total. The van der Waals surface area contributed by atoms with Crippen LogP contribution in [0.15, 0.2) is 29.1 Å². The second-order valence-corrected chi connectivity index (χ2v) is 4.77. The number of aromatic nitrogens is 3. The molecule has 0 aliphatic carbocycles. The molecule has 1 heterocycles. The lowest BCUT2D eigenvalue weighted by atomic mass is 10.2. The molecule has 0 aliphatic rings. The highest BCUT2D eigenvalue weighted by molar-refractivity contribution is 14.1. The third-order valence-corrected chi connectivity index (χ3v) is 3.23. The summed E-state index contributed by atoms with van der Waals surface area (Å²) in [4.78, 5) is 12.1. The maximum absolute atomic E-state index is 12.1. The van der Waals surface area contributed by atoms with Gasteiger partial charge in [-0.15, -0.1) is 5.10 Å². The van der Waals surface area contributed by atoms with Gasteiger partial charge in [-0.25, -0.2) is 9.48 Å². The Morgan fingerprint density at radius 2 is 2.26 bits per heavy atom. The summed E-state index contributed by atoms with van der Waals surface area (Å²) in [6.07, 6.45) is 0. The fourth-order valence-corrected chi connectivity index (χ4v) is 2.14. The van der Waals surface area contributed by atoms with E-state index in [0.29, 0.717) is 23.9 Å². The standard InChI is InChI=1S/C13H11ClIN3O/c1-2-17-12(10-5-3-6-11(14)9-10)16-18(13(17)19)8-4-7-15/h3,5-6,9H,2,8H2,1H3. The van der Waals surface area contributed by atoms with Crippen molar-refractivity contribution in [3.8, 4) is 21.2 Å². The van der Waals surface area contributed by atoms with E-state index in [0.717, 1.165) is 5.56 Å². The number of hydrogen-bond donors (Lipinski definition) is 0. The summed E-state index contributed by atoms with van der Waals surface area (Å²) in [6.45, 7) is 2.76. The number of benzene rings is 1. The van der Waals surface area contributed by atoms with Crippen LogP contribution in [0.5, 0.6) is 0 Å². The van der Waals surface area contributed by atoms with Gasteiger partial charge in [0.25, 0.3) is 0 Å². The van der Waals surface area contributed by atoms with Crippen LogP contribution in [-0.2, 0) is 13.1 Å². The molecule has 0 saturated carbocycles. The van der Waals surface area contributed by atoms with E-state index in [9.17, 15) is 4.79 Å². The molecule has 19 heavy (non-hydrogen) atoms. The molecule has 0 unspecified atom stereocenters. The van der Waals surface area contributed by atoms with Crippen LogP contribution in [0.4, 0.5) is 0 Å². The van der Waals surface area contributed by atoms with Crippen LogP contribution in [0.3, 0.4) is 0 Å². The number of hydrogen-bond acceptors (Lipinski definition) is 2. The zero-order chi connectivity index (χ0) is 13.8. The smallest absolute Gasteiger partial charge is 0.275 e. The lowest BCUT2D eigenvalue weighted by Crippen LogP contribution is -2.24. The molecule has 2 aromatic rings. The maximum Gasteiger partial charge on any atom is 0.347 e. The van der Waals surface area contributed by atoms with Gasteiger partial charge < -0.3 is 0 Å². The molecule has 0 atom stereocenters. The van der Waals surface area contributed by atoms with Crippen molar-refractivity contribution >= 4 is 34.2 Å². The fourth-order valence-electron chi connectivity index (χ4n) is 1.77. The Labute approximate surface area is 129 Å². The summed E-state index contributed by atoms with van der Waals surface area (Å²) in [7, 11) is 0. The Morgan fingerprint density at radius 3 is 2.89 bits per heavy atom. The van der Waals surface area contributed by atoms with Crippen molar-refractivity contribution < 1.29 is 0 Å². The van der Waals surface area contributed by atoms with E-state index >= 15 is 0 Å². The third kappa shape index (κ3) is 3.01. The number of nitrogens with zero attached hydrogens (tertiary/aromatic N) is 3. The zero-order valence-electron chi connectivity index (χ0n) is 10.2. The molecule has 0 spiro atoms. The quantitative estimate of drug-likeness (QED) is 0.600. The lowest BCUT2D eigenvalue weighted by molar-refractivity contribution is 0.649. The Bertz CT molecular complexity index is 709. The van der Waals surface area contributed by atoms with Crippen molar-refractivity contribution in [2.75, 3.05) is 0 Å². The average molecular weight is 388 g/mol. The summed E-state index contributed by atoms with van der Waals surface area (Å²) in [5, 5.41) is 4.95. The second-order valence-electron chi connectivity index (χ2n) is 3.79. The Kier molecular flexibility index (Phi) is 4.66. The van der Waals surface area contributed by atoms with Crippen molar-refractivity contribution in [2.45, 2.75) is 20.0 Å². The molecule has 1 aromatic carbocycles. The van der Waals surface area contributed by atoms with E-state index in [1.807, 2.05) is 41.6 Å². The highest BCUT2D eigenvalue weighted by atomic mass is 127. The first-order valence-corrected chi connectivity index (χ1v) is 7.15. The molecule has 0 fully saturated rings. The van der Waals surface area contributed by atoms with Gasteiger partial charge in [-0.1, -0.05) is 29.7 Å². The predicted molar refractivity (Wildman–Crippen MR) is 84.4 cm³/mol. The van der Waals surface area contributed by atoms with E-state index in [1.165, 1.54) is 4.68 Å². The van der Waals surface area contributed by atoms with Crippen molar-refractivity contribution in [1.29, 1.82) is 0 Å². The van der Waals surface area contributed by atoms with Crippen LogP contribution >= 0.6 is 34.2 Å². The molecule has 1 aromatic heterocycles. The first kappa shape index (κ1) is 14.2. The monoisotopic (exact) mass is 387 g/mol. The van der Waals surface area contributed by atoms with Crippen LogP contribution in [0, 0.1) is 9.85 Å². The zero-order valence-corrected chi connectivity index (χ0v) is 13.1. The lowest BCUT2D eigenvalue weighted by Gasteiger charge is -2.02. The minimum atomic E-state index is -0.156. The van der Waals surface area contributed by atoms with Gasteiger partial charge in [0.05, 0.1) is 0 Å². The molecule has 0 aliphatic heterocycles. The third-order valence-electron chi connectivity index (χ3n) is 2.62. The Morgan fingerprint density at radius 1 is 1.47 bits per heavy atom. The van der Waals surface area contributed by atoms with Crippen molar-refractivity contribution in [3.05, 3.63) is 39.8 Å². The predicted octanol–water partition coefficient (Wildman–Crippen LogP) is 2.78. The molecular weight excluding hydrogens is 377 g/mol. The first-order chi connectivity index (χ1) is 9.17. The SMILES string of the molecule is CCn1c(-c2cccc(Cl)c2)nn(CC#CI)c1=O. The highest BCUT2D eigenvalue weighted by Crippen LogP contribution is 2.20. The van der Waals surface area contributed by atoms with Gasteiger partial charge in [0.15, 0.2) is 5.82 Å². The van der Waals surface area contributed by atoms with Crippen molar-refractivity contribution in [1.82, 2.24) is 14.3 Å². The van der Waals surface area contributed by atoms with Crippen LogP contribution in [0.1, 0.15) is 6.92 Å². The molecule has 0 amide bonds. The van der Waals surface area contributed by atoms with E-state index in [4.69, 9.17) is 11.6 Å². The highest BCUT2D eigenvalue weighted by Gasteiger charge is 2.13. The largest absolute Gasteiger partial charge is 0.347 e. The molecule has 98 valence electrons. The summed E-state index contributed by atoms with van der Waals surface area (Å²) in [5.74, 6) is 3.45. The molecular formula is C13H11ClIN3O. The first-order valence-electron chi connectivity index (χ1n) is 5.69. The fraction of sp³-hybridized carbons (Fsp3) is 0.231. The number of halogens is 2. The van der Waals surface area contributed by atoms with Gasteiger partial charge in [0.1, 0.15) is 6.54 Å². The van der Waals surface area contributed by atoms with Crippen molar-refractivity contribution in [3.63, 3.8) is 0 Å². The molecule has 0 radical (unpaired) electrons. The van der Waals surface area contributed by atoms with E-state index < -0.39 is 0 Å². The minimum Gasteiger partial charge on any atom is -0.275 e. The van der Waals surface area contributed by atoms with Gasteiger partial charge in [0, 0.05) is 39.7 Å². The molecule has 0 saturated heterocycles. The van der Waals surface area contributed by atoms with Crippen LogP contribution in [-0.4, -0.2) is 14.3 Å². The normalized spacial score (nSPS) is 10.1. The summed E-state index contributed by atoms with van der Waals surface area (Å²) < 4.78 is 5.71. The van der Waals surface area contributed by atoms with Crippen LogP contribution in [0.2, 0.25) is 5.02 Å². The average Bonchev–Trinajstić information content (AvgIpc) is 2.73. The van der Waals surface area contributed by atoms with E-state index in [-0.39, 0.29) is 5.69 Å². The van der Waals surface area contributed by atoms with Crippen LogP contribution in [0.25, 0.3) is 11.4 Å². The summed E-state index contributed by atoms with van der Waals surface area (Å²) >= 11 is 7.91. The number of rotatable bonds is 3. The molecule has 0 N–H and O–H groups in total. The second kappa shape index (κ2) is 6.26. The minimum absolute atomic E-state index is 0.156. The Hall–Kier alpha value is -1.26. The van der Waals surface area contributed by atoms with Gasteiger partial charge >= 0.3 is 5.69 Å². The molecule has 6 heteroatoms. The van der Waals surface area contributed by atoms with E-state index in [2.05, 4.69) is 14.9 Å². The van der Waals surface area contributed by atoms with Gasteiger partial charge in [-0.2, -0.15) is 0 Å². The summed E-state index contributed by atoms with van der Waals surface area (Å²) in [5.41, 5.74) is 0.671. The van der Waals surface area contributed by atoms with Gasteiger partial charge in [-0.3, -0.25) is 4.57 Å². The topological polar surface area (TPSA) is 39.8 Å². The van der Waals surface area contributed by atoms with Crippen LogP contribution < -0.4 is 5.69 Å². The summed E-state index contributed by atoms with van der Waals surface area (Å²) in [6, 6.07) is 7.31. The Balaban J connectivity index is 2.56. The van der Waals surface area contributed by atoms with E-state index in [1.54, 1.807) is 16.7 Å². The van der Waals surface area contributed by atoms with Gasteiger partial charge in [-0.05, 0) is 23.0 Å². The van der Waals surface area contributed by atoms with Gasteiger partial charge in [0.2, 0.25) is 0 Å². The maximum atomic E-state index is 12.1. The molecule has 2 rings (SSSR count).